The standard InChI is InChI=1S/C17H26N2O4/c1-7-23-9-8-14-12(4)13(5)16(20)19(18-14)15(10-11(2)3)17(21)22-6/h8-9,11,15H,7,10H2,1-6H3/b9-8+/t15-/m0/s1. The summed E-state index contributed by atoms with van der Waals surface area (Å²) in [6, 6.07) is -0.731. The van der Waals surface area contributed by atoms with E-state index in [9.17, 15) is 9.59 Å². The van der Waals surface area contributed by atoms with Crippen LogP contribution < -0.4 is 5.56 Å². The van der Waals surface area contributed by atoms with Crippen LogP contribution in [-0.4, -0.2) is 29.5 Å². The number of methoxy groups -OCH3 is 1. The number of hydrogen-bond donors (Lipinski definition) is 0. The molecule has 0 aromatic carbocycles. The summed E-state index contributed by atoms with van der Waals surface area (Å²) in [5.41, 5.74) is 1.67. The summed E-state index contributed by atoms with van der Waals surface area (Å²) in [5.74, 6) is -0.242. The van der Waals surface area contributed by atoms with Crippen LogP contribution in [0.4, 0.5) is 0 Å². The van der Waals surface area contributed by atoms with E-state index in [0.29, 0.717) is 24.3 Å². The lowest BCUT2D eigenvalue weighted by Gasteiger charge is -2.20. The van der Waals surface area contributed by atoms with Gasteiger partial charge in [0.15, 0.2) is 6.04 Å². The van der Waals surface area contributed by atoms with E-state index in [-0.39, 0.29) is 11.5 Å². The van der Waals surface area contributed by atoms with Crippen molar-refractivity contribution in [1.29, 1.82) is 0 Å². The maximum absolute atomic E-state index is 12.6. The lowest BCUT2D eigenvalue weighted by molar-refractivity contribution is -0.145. The highest BCUT2D eigenvalue weighted by molar-refractivity contribution is 5.74. The summed E-state index contributed by atoms with van der Waals surface area (Å²) in [4.78, 5) is 24.7. The summed E-state index contributed by atoms with van der Waals surface area (Å²) in [6.07, 6.45) is 3.72. The Kier molecular flexibility index (Phi) is 7.00. The summed E-state index contributed by atoms with van der Waals surface area (Å²) < 4.78 is 11.3. The zero-order valence-corrected chi connectivity index (χ0v) is 14.8. The Balaban J connectivity index is 3.42. The highest BCUT2D eigenvalue weighted by atomic mass is 16.5. The molecule has 0 spiro atoms. The predicted octanol–water partition coefficient (Wildman–Crippen LogP) is 2.63. The minimum atomic E-state index is -0.731. The van der Waals surface area contributed by atoms with Gasteiger partial charge in [0.05, 0.1) is 25.7 Å². The third-order valence-electron chi connectivity index (χ3n) is 3.64. The molecule has 23 heavy (non-hydrogen) atoms. The van der Waals surface area contributed by atoms with E-state index in [0.717, 1.165) is 5.56 Å². The molecule has 0 unspecified atom stereocenters. The van der Waals surface area contributed by atoms with Gasteiger partial charge in [0.25, 0.3) is 5.56 Å². The van der Waals surface area contributed by atoms with Crippen LogP contribution in [0.3, 0.4) is 0 Å². The first-order valence-corrected chi connectivity index (χ1v) is 7.79. The molecule has 0 saturated carbocycles. The largest absolute Gasteiger partial charge is 0.501 e. The molecular weight excluding hydrogens is 296 g/mol. The molecule has 0 aliphatic heterocycles. The third-order valence-corrected chi connectivity index (χ3v) is 3.64. The van der Waals surface area contributed by atoms with Crippen LogP contribution in [0, 0.1) is 19.8 Å². The summed E-state index contributed by atoms with van der Waals surface area (Å²) >= 11 is 0. The van der Waals surface area contributed by atoms with Gasteiger partial charge in [-0.15, -0.1) is 0 Å². The van der Waals surface area contributed by atoms with E-state index in [2.05, 4.69) is 5.10 Å². The minimum absolute atomic E-state index is 0.219. The van der Waals surface area contributed by atoms with E-state index in [1.165, 1.54) is 11.8 Å². The molecule has 6 heteroatoms. The van der Waals surface area contributed by atoms with Crippen LogP contribution in [0.5, 0.6) is 0 Å². The van der Waals surface area contributed by atoms with E-state index < -0.39 is 12.0 Å². The van der Waals surface area contributed by atoms with E-state index in [1.807, 2.05) is 27.7 Å². The fraction of sp³-hybridized carbons (Fsp3) is 0.588. The van der Waals surface area contributed by atoms with Gasteiger partial charge in [0, 0.05) is 11.6 Å². The molecule has 1 heterocycles. The zero-order valence-electron chi connectivity index (χ0n) is 14.8. The third kappa shape index (κ3) is 4.68. The van der Waals surface area contributed by atoms with Crippen LogP contribution in [0.25, 0.3) is 6.08 Å². The molecule has 0 amide bonds. The van der Waals surface area contributed by atoms with Crippen molar-refractivity contribution in [3.05, 3.63) is 33.4 Å². The van der Waals surface area contributed by atoms with Crippen LogP contribution >= 0.6 is 0 Å². The lowest BCUT2D eigenvalue weighted by Crippen LogP contribution is -2.35. The number of rotatable bonds is 7. The molecule has 0 aliphatic carbocycles. The zero-order chi connectivity index (χ0) is 17.6. The number of carbonyl (C=O) groups excluding carboxylic acids is 1. The van der Waals surface area contributed by atoms with Crippen molar-refractivity contribution in [3.63, 3.8) is 0 Å². The first-order chi connectivity index (χ1) is 10.8. The Hall–Kier alpha value is -2.11. The van der Waals surface area contributed by atoms with E-state index >= 15 is 0 Å². The van der Waals surface area contributed by atoms with Crippen molar-refractivity contribution in [2.24, 2.45) is 5.92 Å². The van der Waals surface area contributed by atoms with Gasteiger partial charge in [-0.1, -0.05) is 13.8 Å². The van der Waals surface area contributed by atoms with Crippen molar-refractivity contribution in [1.82, 2.24) is 9.78 Å². The number of carbonyl (C=O) groups is 1. The van der Waals surface area contributed by atoms with Crippen molar-refractivity contribution in [2.45, 2.75) is 47.1 Å². The molecule has 0 radical (unpaired) electrons. The van der Waals surface area contributed by atoms with E-state index in [1.54, 1.807) is 19.3 Å². The second-order valence-corrected chi connectivity index (χ2v) is 5.81. The Bertz CT molecular complexity index is 632. The number of hydrogen-bond acceptors (Lipinski definition) is 5. The normalized spacial score (nSPS) is 12.7. The molecular formula is C17H26N2O4. The number of esters is 1. The second kappa shape index (κ2) is 8.50. The average Bonchev–Trinajstić information content (AvgIpc) is 2.52. The lowest BCUT2D eigenvalue weighted by atomic mass is 10.0. The molecule has 1 atom stereocenters. The van der Waals surface area contributed by atoms with Gasteiger partial charge in [-0.25, -0.2) is 9.48 Å². The minimum Gasteiger partial charge on any atom is -0.501 e. The molecule has 1 rings (SSSR count). The fourth-order valence-electron chi connectivity index (χ4n) is 2.22. The van der Waals surface area contributed by atoms with Gasteiger partial charge in [-0.2, -0.15) is 5.10 Å². The topological polar surface area (TPSA) is 70.4 Å². The Morgan fingerprint density at radius 2 is 1.96 bits per heavy atom. The summed E-state index contributed by atoms with van der Waals surface area (Å²) in [5, 5.41) is 4.36. The molecule has 0 saturated heterocycles. The maximum Gasteiger partial charge on any atom is 0.330 e. The molecule has 0 bridgehead atoms. The van der Waals surface area contributed by atoms with Crippen LogP contribution in [0.2, 0.25) is 0 Å². The van der Waals surface area contributed by atoms with E-state index in [4.69, 9.17) is 9.47 Å². The van der Waals surface area contributed by atoms with Crippen molar-refractivity contribution in [3.8, 4) is 0 Å². The van der Waals surface area contributed by atoms with Crippen LogP contribution in [0.15, 0.2) is 11.1 Å². The molecule has 0 fully saturated rings. The quantitative estimate of drug-likeness (QED) is 0.570. The molecule has 1 aromatic heterocycles. The van der Waals surface area contributed by atoms with Crippen LogP contribution in [0.1, 0.15) is 50.1 Å². The van der Waals surface area contributed by atoms with Gasteiger partial charge in [0.1, 0.15) is 0 Å². The van der Waals surface area contributed by atoms with Gasteiger partial charge in [-0.05, 0) is 38.7 Å². The smallest absolute Gasteiger partial charge is 0.330 e. The maximum atomic E-state index is 12.6. The monoisotopic (exact) mass is 322 g/mol. The van der Waals surface area contributed by atoms with Crippen molar-refractivity contribution < 1.29 is 14.3 Å². The molecule has 6 nitrogen and oxygen atoms in total. The Morgan fingerprint density at radius 1 is 1.30 bits per heavy atom. The average molecular weight is 322 g/mol. The molecule has 0 aliphatic rings. The van der Waals surface area contributed by atoms with Gasteiger partial charge in [-0.3, -0.25) is 4.79 Å². The van der Waals surface area contributed by atoms with Crippen molar-refractivity contribution >= 4 is 12.0 Å². The number of ether oxygens (including phenoxy) is 2. The van der Waals surface area contributed by atoms with Gasteiger partial charge in [0.2, 0.25) is 0 Å². The van der Waals surface area contributed by atoms with Gasteiger partial charge < -0.3 is 9.47 Å². The SMILES string of the molecule is CCO/C=C/c1nn([C@@H](CC(C)C)C(=O)OC)c(=O)c(C)c1C. The Labute approximate surface area is 137 Å². The second-order valence-electron chi connectivity index (χ2n) is 5.81. The fourth-order valence-corrected chi connectivity index (χ4v) is 2.22. The Morgan fingerprint density at radius 3 is 2.48 bits per heavy atom. The summed E-state index contributed by atoms with van der Waals surface area (Å²) in [7, 11) is 1.32. The first-order valence-electron chi connectivity index (χ1n) is 7.79. The molecule has 1 aromatic rings. The van der Waals surface area contributed by atoms with Gasteiger partial charge >= 0.3 is 5.97 Å². The first kappa shape index (κ1) is 18.9. The number of aromatic nitrogens is 2. The highest BCUT2D eigenvalue weighted by Gasteiger charge is 2.26. The van der Waals surface area contributed by atoms with Crippen LogP contribution in [-0.2, 0) is 14.3 Å². The molecule has 128 valence electrons. The number of nitrogens with zero attached hydrogens (tertiary/aromatic N) is 2. The summed E-state index contributed by atoms with van der Waals surface area (Å²) in [6.45, 7) is 9.96. The highest BCUT2D eigenvalue weighted by Crippen LogP contribution is 2.19. The predicted molar refractivity (Wildman–Crippen MR) is 89.1 cm³/mol. The van der Waals surface area contributed by atoms with Crippen molar-refractivity contribution in [2.75, 3.05) is 13.7 Å². The molecule has 0 N–H and O–H groups in total.